The summed E-state index contributed by atoms with van der Waals surface area (Å²) in [6.07, 6.45) is 1.18. The van der Waals surface area contributed by atoms with Gasteiger partial charge in [0.2, 0.25) is 5.78 Å². The van der Waals surface area contributed by atoms with Gasteiger partial charge in [-0.3, -0.25) is 14.9 Å². The van der Waals surface area contributed by atoms with E-state index < -0.39 is 10.7 Å². The molecule has 24 heavy (non-hydrogen) atoms. The van der Waals surface area contributed by atoms with E-state index >= 15 is 0 Å². The van der Waals surface area contributed by atoms with Crippen molar-refractivity contribution >= 4 is 28.9 Å². The largest absolute Gasteiger partial charge is 0.493 e. The van der Waals surface area contributed by atoms with E-state index in [2.05, 4.69) is 0 Å². The number of nitro groups is 1. The highest BCUT2D eigenvalue weighted by atomic mass is 32.1. The van der Waals surface area contributed by atoms with Crippen LogP contribution in [-0.4, -0.2) is 24.9 Å². The quantitative estimate of drug-likeness (QED) is 0.261. The lowest BCUT2D eigenvalue weighted by atomic mass is 10.0. The van der Waals surface area contributed by atoms with Crippen molar-refractivity contribution in [1.82, 2.24) is 0 Å². The fourth-order valence-electron chi connectivity index (χ4n) is 2.01. The minimum Gasteiger partial charge on any atom is -0.493 e. The smallest absolute Gasteiger partial charge is 0.280 e. The van der Waals surface area contributed by atoms with Crippen molar-refractivity contribution in [2.24, 2.45) is 0 Å². The Labute approximate surface area is 141 Å². The van der Waals surface area contributed by atoms with Crippen molar-refractivity contribution in [1.29, 1.82) is 5.26 Å². The zero-order valence-corrected chi connectivity index (χ0v) is 13.6. The van der Waals surface area contributed by atoms with Gasteiger partial charge in [-0.05, 0) is 23.6 Å². The lowest BCUT2D eigenvalue weighted by molar-refractivity contribution is -0.385. The van der Waals surface area contributed by atoms with Gasteiger partial charge in [-0.25, -0.2) is 0 Å². The molecule has 2 aromatic rings. The summed E-state index contributed by atoms with van der Waals surface area (Å²) in [7, 11) is 2.75. The highest BCUT2D eigenvalue weighted by Crippen LogP contribution is 2.35. The van der Waals surface area contributed by atoms with Crippen molar-refractivity contribution < 1.29 is 19.2 Å². The molecule has 0 aliphatic heterocycles. The van der Waals surface area contributed by atoms with Gasteiger partial charge in [0.1, 0.15) is 11.6 Å². The molecule has 0 radical (unpaired) electrons. The van der Waals surface area contributed by atoms with Crippen molar-refractivity contribution in [2.75, 3.05) is 14.2 Å². The number of carbonyl (C=O) groups excluding carboxylic acids is 1. The second-order valence-electron chi connectivity index (χ2n) is 4.53. The molecule has 8 heteroatoms. The number of thiophene rings is 1. The summed E-state index contributed by atoms with van der Waals surface area (Å²) < 4.78 is 10.2. The van der Waals surface area contributed by atoms with Crippen LogP contribution in [0.1, 0.15) is 15.9 Å². The standard InChI is InChI=1S/C16H12N2O5S/c1-22-14-6-11(13(18(20)21)7-15(14)23-2)5-12(8-17)16(19)10-3-4-24-9-10/h3-7,9H,1-2H3/b12-5-. The minimum absolute atomic E-state index is 0.0813. The Morgan fingerprint density at radius 3 is 2.50 bits per heavy atom. The van der Waals surface area contributed by atoms with Crippen molar-refractivity contribution in [3.05, 3.63) is 55.8 Å². The maximum absolute atomic E-state index is 12.3. The van der Waals surface area contributed by atoms with Gasteiger partial charge in [0.05, 0.1) is 30.8 Å². The molecule has 0 fully saturated rings. The molecule has 0 spiro atoms. The maximum atomic E-state index is 12.3. The first-order valence-electron chi connectivity index (χ1n) is 6.61. The number of nitrogens with zero attached hydrogens (tertiary/aromatic N) is 2. The number of allylic oxidation sites excluding steroid dienone is 1. The molecule has 1 aromatic heterocycles. The molecule has 0 aliphatic rings. The Hall–Kier alpha value is -3.18. The van der Waals surface area contributed by atoms with E-state index in [1.54, 1.807) is 22.9 Å². The number of hydrogen-bond acceptors (Lipinski definition) is 7. The number of Topliss-reactive ketones (excluding diaryl/α,β-unsaturated/α-hetero) is 1. The Morgan fingerprint density at radius 1 is 1.33 bits per heavy atom. The molecular formula is C16H12N2O5S. The fourth-order valence-corrected chi connectivity index (χ4v) is 2.65. The van der Waals surface area contributed by atoms with Crippen LogP contribution in [0, 0.1) is 21.4 Å². The van der Waals surface area contributed by atoms with Crippen LogP contribution in [0.3, 0.4) is 0 Å². The molecule has 0 saturated heterocycles. The van der Waals surface area contributed by atoms with Crippen LogP contribution in [0.2, 0.25) is 0 Å². The summed E-state index contributed by atoms with van der Waals surface area (Å²) in [5, 5.41) is 23.8. The Kier molecular flexibility index (Phi) is 5.29. The molecule has 0 saturated carbocycles. The van der Waals surface area contributed by atoms with Gasteiger partial charge in [0.25, 0.3) is 5.69 Å². The second-order valence-corrected chi connectivity index (χ2v) is 5.31. The van der Waals surface area contributed by atoms with Gasteiger partial charge in [-0.1, -0.05) is 0 Å². The zero-order valence-electron chi connectivity index (χ0n) is 12.8. The van der Waals surface area contributed by atoms with Crippen LogP contribution < -0.4 is 9.47 Å². The number of ether oxygens (including phenoxy) is 2. The third-order valence-electron chi connectivity index (χ3n) is 3.18. The fraction of sp³-hybridized carbons (Fsp3) is 0.125. The molecule has 2 rings (SSSR count). The van der Waals surface area contributed by atoms with Crippen LogP contribution in [0.25, 0.3) is 6.08 Å². The molecule has 1 heterocycles. The Bertz CT molecular complexity index is 850. The summed E-state index contributed by atoms with van der Waals surface area (Å²) >= 11 is 1.32. The summed E-state index contributed by atoms with van der Waals surface area (Å²) in [4.78, 5) is 22.9. The Morgan fingerprint density at radius 2 is 2.00 bits per heavy atom. The van der Waals surface area contributed by atoms with Crippen molar-refractivity contribution in [3.63, 3.8) is 0 Å². The summed E-state index contributed by atoms with van der Waals surface area (Å²) in [6, 6.07) is 5.92. The van der Waals surface area contributed by atoms with Gasteiger partial charge in [-0.15, -0.1) is 0 Å². The van der Waals surface area contributed by atoms with E-state index in [0.29, 0.717) is 5.56 Å². The number of nitriles is 1. The number of nitro benzene ring substituents is 1. The van der Waals surface area contributed by atoms with E-state index in [-0.39, 0.29) is 28.3 Å². The van der Waals surface area contributed by atoms with E-state index in [4.69, 9.17) is 9.47 Å². The topological polar surface area (TPSA) is 102 Å². The molecule has 0 atom stereocenters. The van der Waals surface area contributed by atoms with E-state index in [9.17, 15) is 20.2 Å². The Balaban J connectivity index is 2.59. The molecule has 0 unspecified atom stereocenters. The van der Waals surface area contributed by atoms with Crippen LogP contribution in [0.15, 0.2) is 34.5 Å². The van der Waals surface area contributed by atoms with Crippen LogP contribution in [0.4, 0.5) is 5.69 Å². The number of carbonyl (C=O) groups is 1. The zero-order chi connectivity index (χ0) is 17.7. The molecule has 1 aromatic carbocycles. The average Bonchev–Trinajstić information content (AvgIpc) is 3.12. The minimum atomic E-state index is -0.613. The maximum Gasteiger partial charge on any atom is 0.280 e. The summed E-state index contributed by atoms with van der Waals surface area (Å²) in [6.45, 7) is 0. The third kappa shape index (κ3) is 3.42. The van der Waals surface area contributed by atoms with Crippen LogP contribution in [0.5, 0.6) is 11.5 Å². The van der Waals surface area contributed by atoms with Gasteiger partial charge >= 0.3 is 0 Å². The monoisotopic (exact) mass is 344 g/mol. The number of ketones is 1. The molecule has 122 valence electrons. The number of methoxy groups -OCH3 is 2. The predicted octanol–water partition coefficient (Wildman–Crippen LogP) is 3.46. The first-order valence-corrected chi connectivity index (χ1v) is 7.55. The number of rotatable bonds is 6. The van der Waals surface area contributed by atoms with E-state index in [1.807, 2.05) is 0 Å². The lowest BCUT2D eigenvalue weighted by Crippen LogP contribution is -2.01. The number of hydrogen-bond donors (Lipinski definition) is 0. The first-order chi connectivity index (χ1) is 11.5. The van der Waals surface area contributed by atoms with Gasteiger partial charge < -0.3 is 9.47 Å². The average molecular weight is 344 g/mol. The second kappa shape index (κ2) is 7.39. The van der Waals surface area contributed by atoms with Gasteiger partial charge in [0, 0.05) is 10.9 Å². The van der Waals surface area contributed by atoms with Gasteiger partial charge in [0.15, 0.2) is 11.5 Å². The molecule has 0 amide bonds. The summed E-state index contributed by atoms with van der Waals surface area (Å²) in [5.41, 5.74) is -0.0593. The molecule has 0 aliphatic carbocycles. The van der Waals surface area contributed by atoms with Crippen molar-refractivity contribution in [3.8, 4) is 17.6 Å². The van der Waals surface area contributed by atoms with E-state index in [0.717, 1.165) is 0 Å². The molecular weight excluding hydrogens is 332 g/mol. The predicted molar refractivity (Wildman–Crippen MR) is 88.4 cm³/mol. The third-order valence-corrected chi connectivity index (χ3v) is 3.86. The highest BCUT2D eigenvalue weighted by Gasteiger charge is 2.20. The molecule has 0 N–H and O–H groups in total. The number of benzene rings is 1. The molecule has 0 bridgehead atoms. The summed E-state index contributed by atoms with van der Waals surface area (Å²) in [5.74, 6) is -0.0542. The van der Waals surface area contributed by atoms with Gasteiger partial charge in [-0.2, -0.15) is 16.6 Å². The highest BCUT2D eigenvalue weighted by molar-refractivity contribution is 7.08. The SMILES string of the molecule is COc1cc(/C=C(/C#N)C(=O)c2ccsc2)c([N+](=O)[O-])cc1OC. The normalized spacial score (nSPS) is 10.8. The van der Waals surface area contributed by atoms with Crippen LogP contribution in [-0.2, 0) is 0 Å². The lowest BCUT2D eigenvalue weighted by Gasteiger charge is -2.09. The van der Waals surface area contributed by atoms with Crippen LogP contribution >= 0.6 is 11.3 Å². The van der Waals surface area contributed by atoms with Crippen molar-refractivity contribution in [2.45, 2.75) is 0 Å². The van der Waals surface area contributed by atoms with E-state index in [1.165, 1.54) is 43.8 Å². The first kappa shape index (κ1) is 17.2. The molecule has 7 nitrogen and oxygen atoms in total.